The number of nitrogens with zero attached hydrogens (tertiary/aromatic N) is 1. The highest BCUT2D eigenvalue weighted by atomic mass is 32.1. The van der Waals surface area contributed by atoms with Gasteiger partial charge in [-0.15, -0.1) is 11.3 Å². The number of hydrogen-bond donors (Lipinski definition) is 0. The van der Waals surface area contributed by atoms with Gasteiger partial charge in [0.25, 0.3) is 0 Å². The lowest BCUT2D eigenvalue weighted by Crippen LogP contribution is -1.79. The van der Waals surface area contributed by atoms with E-state index in [0.29, 0.717) is 0 Å². The Balaban J connectivity index is 2.37. The monoisotopic (exact) mass is 151 g/mol. The van der Waals surface area contributed by atoms with Crippen LogP contribution < -0.4 is 0 Å². The molecule has 1 aliphatic carbocycles. The molecule has 0 atom stereocenters. The molecule has 10 heavy (non-hydrogen) atoms. The number of hydrogen-bond acceptors (Lipinski definition) is 2. The summed E-state index contributed by atoms with van der Waals surface area (Å²) in [7, 11) is 0. The first kappa shape index (κ1) is 6.10. The van der Waals surface area contributed by atoms with Gasteiger partial charge in [0, 0.05) is 10.8 Å². The smallest absolute Gasteiger partial charge is 0.0801 e. The molecule has 0 unspecified atom stereocenters. The van der Waals surface area contributed by atoms with Gasteiger partial charge in [-0.05, 0) is 12.8 Å². The molecule has 2 heteroatoms. The van der Waals surface area contributed by atoms with Crippen molar-refractivity contribution in [2.75, 3.05) is 0 Å². The average molecular weight is 151 g/mol. The predicted octanol–water partition coefficient (Wildman–Crippen LogP) is 2.66. The molecule has 1 nitrogen and oxygen atoms in total. The lowest BCUT2D eigenvalue weighted by atomic mass is 10.2. The maximum atomic E-state index is 4.30. The highest BCUT2D eigenvalue weighted by Gasteiger charge is 2.27. The SMILES string of the molecule is C=Cc1scnc1C1CC1. The summed E-state index contributed by atoms with van der Waals surface area (Å²) in [6.45, 7) is 3.74. The largest absolute Gasteiger partial charge is 0.249 e. The first-order valence-electron chi connectivity index (χ1n) is 3.47. The normalized spacial score (nSPS) is 17.2. The Morgan fingerprint density at radius 2 is 2.50 bits per heavy atom. The average Bonchev–Trinajstić information content (AvgIpc) is 2.69. The van der Waals surface area contributed by atoms with Crippen molar-refractivity contribution >= 4 is 17.4 Å². The van der Waals surface area contributed by atoms with Crippen molar-refractivity contribution < 1.29 is 0 Å². The van der Waals surface area contributed by atoms with E-state index in [1.54, 1.807) is 11.3 Å². The molecule has 52 valence electrons. The van der Waals surface area contributed by atoms with Gasteiger partial charge in [-0.2, -0.15) is 0 Å². The van der Waals surface area contributed by atoms with Crippen LogP contribution in [-0.2, 0) is 0 Å². The van der Waals surface area contributed by atoms with Gasteiger partial charge in [-0.1, -0.05) is 12.7 Å². The fraction of sp³-hybridized carbons (Fsp3) is 0.375. The first-order valence-corrected chi connectivity index (χ1v) is 4.35. The summed E-state index contributed by atoms with van der Waals surface area (Å²) >= 11 is 1.69. The summed E-state index contributed by atoms with van der Waals surface area (Å²) < 4.78 is 0. The summed E-state index contributed by atoms with van der Waals surface area (Å²) in [5.74, 6) is 0.763. The standard InChI is InChI=1S/C8H9NS/c1-2-7-8(6-3-4-6)9-5-10-7/h2,5-6H,1,3-4H2. The van der Waals surface area contributed by atoms with E-state index in [2.05, 4.69) is 11.6 Å². The Kier molecular flexibility index (Phi) is 1.34. The molecule has 0 radical (unpaired) electrons. The van der Waals surface area contributed by atoms with Crippen molar-refractivity contribution in [1.29, 1.82) is 0 Å². The van der Waals surface area contributed by atoms with Crippen LogP contribution >= 0.6 is 11.3 Å². The molecule has 0 saturated heterocycles. The zero-order valence-corrected chi connectivity index (χ0v) is 6.53. The van der Waals surface area contributed by atoms with Gasteiger partial charge in [-0.25, -0.2) is 4.98 Å². The van der Waals surface area contributed by atoms with Crippen LogP contribution in [0.25, 0.3) is 6.08 Å². The van der Waals surface area contributed by atoms with E-state index in [0.717, 1.165) is 5.92 Å². The molecule has 0 bridgehead atoms. The second-order valence-electron chi connectivity index (χ2n) is 2.58. The van der Waals surface area contributed by atoms with E-state index in [-0.39, 0.29) is 0 Å². The van der Waals surface area contributed by atoms with Gasteiger partial charge in [0.2, 0.25) is 0 Å². The van der Waals surface area contributed by atoms with Crippen LogP contribution in [0, 0.1) is 0 Å². The number of aromatic nitrogens is 1. The molecule has 2 rings (SSSR count). The van der Waals surface area contributed by atoms with Gasteiger partial charge in [0.1, 0.15) is 0 Å². The fourth-order valence-electron chi connectivity index (χ4n) is 1.08. The van der Waals surface area contributed by atoms with Crippen LogP contribution in [0.2, 0.25) is 0 Å². The summed E-state index contributed by atoms with van der Waals surface area (Å²) in [6.07, 6.45) is 4.56. The van der Waals surface area contributed by atoms with Crippen molar-refractivity contribution in [2.24, 2.45) is 0 Å². The van der Waals surface area contributed by atoms with Gasteiger partial charge >= 0.3 is 0 Å². The lowest BCUT2D eigenvalue weighted by molar-refractivity contribution is 1.05. The molecule has 1 aromatic heterocycles. The molecule has 1 aromatic rings. The second kappa shape index (κ2) is 2.20. The minimum Gasteiger partial charge on any atom is -0.249 e. The van der Waals surface area contributed by atoms with Crippen LogP contribution in [0.4, 0.5) is 0 Å². The Hall–Kier alpha value is -0.630. The van der Waals surface area contributed by atoms with Crippen molar-refractivity contribution in [1.82, 2.24) is 4.98 Å². The predicted molar refractivity (Wildman–Crippen MR) is 44.2 cm³/mol. The second-order valence-corrected chi connectivity index (χ2v) is 3.47. The molecule has 0 spiro atoms. The highest BCUT2D eigenvalue weighted by Crippen LogP contribution is 2.41. The van der Waals surface area contributed by atoms with Crippen LogP contribution in [0.1, 0.15) is 29.3 Å². The first-order chi connectivity index (χ1) is 4.92. The molecule has 1 saturated carbocycles. The molecule has 0 N–H and O–H groups in total. The molecule has 0 aromatic carbocycles. The van der Waals surface area contributed by atoms with E-state index >= 15 is 0 Å². The zero-order valence-electron chi connectivity index (χ0n) is 5.71. The van der Waals surface area contributed by atoms with Crippen molar-refractivity contribution in [2.45, 2.75) is 18.8 Å². The molecule has 0 aliphatic heterocycles. The Morgan fingerprint density at radius 1 is 1.70 bits per heavy atom. The quantitative estimate of drug-likeness (QED) is 0.633. The Morgan fingerprint density at radius 3 is 3.10 bits per heavy atom. The third-order valence-electron chi connectivity index (χ3n) is 1.77. The molecular weight excluding hydrogens is 142 g/mol. The zero-order chi connectivity index (χ0) is 6.97. The lowest BCUT2D eigenvalue weighted by Gasteiger charge is -1.90. The van der Waals surface area contributed by atoms with Gasteiger partial charge in [-0.3, -0.25) is 0 Å². The van der Waals surface area contributed by atoms with E-state index in [4.69, 9.17) is 0 Å². The minimum atomic E-state index is 0.763. The third-order valence-corrected chi connectivity index (χ3v) is 2.61. The topological polar surface area (TPSA) is 12.9 Å². The molecule has 1 aliphatic rings. The highest BCUT2D eigenvalue weighted by molar-refractivity contribution is 7.10. The number of rotatable bonds is 2. The van der Waals surface area contributed by atoms with Gasteiger partial charge in [0.05, 0.1) is 11.2 Å². The van der Waals surface area contributed by atoms with E-state index in [1.165, 1.54) is 23.4 Å². The van der Waals surface area contributed by atoms with Crippen LogP contribution in [0.3, 0.4) is 0 Å². The minimum absolute atomic E-state index is 0.763. The molecule has 0 amide bonds. The van der Waals surface area contributed by atoms with E-state index in [1.807, 2.05) is 11.6 Å². The molecular formula is C8H9NS. The summed E-state index contributed by atoms with van der Waals surface area (Å²) in [4.78, 5) is 5.56. The van der Waals surface area contributed by atoms with Crippen LogP contribution in [0.5, 0.6) is 0 Å². The van der Waals surface area contributed by atoms with Crippen molar-refractivity contribution in [3.63, 3.8) is 0 Å². The van der Waals surface area contributed by atoms with E-state index in [9.17, 15) is 0 Å². The van der Waals surface area contributed by atoms with Gasteiger partial charge in [0.15, 0.2) is 0 Å². The summed E-state index contributed by atoms with van der Waals surface area (Å²) in [5, 5.41) is 0. The van der Waals surface area contributed by atoms with Crippen LogP contribution in [-0.4, -0.2) is 4.98 Å². The third kappa shape index (κ3) is 0.886. The Bertz CT molecular complexity index is 248. The van der Waals surface area contributed by atoms with Crippen LogP contribution in [0.15, 0.2) is 12.1 Å². The molecule has 1 heterocycles. The van der Waals surface area contributed by atoms with Crippen molar-refractivity contribution in [3.05, 3.63) is 22.7 Å². The molecule has 1 fully saturated rings. The maximum Gasteiger partial charge on any atom is 0.0801 e. The summed E-state index contributed by atoms with van der Waals surface area (Å²) in [5.41, 5.74) is 3.19. The van der Waals surface area contributed by atoms with E-state index < -0.39 is 0 Å². The summed E-state index contributed by atoms with van der Waals surface area (Å²) in [6, 6.07) is 0. The number of thiazole rings is 1. The Labute approximate surface area is 64.4 Å². The van der Waals surface area contributed by atoms with Gasteiger partial charge < -0.3 is 0 Å². The maximum absolute atomic E-state index is 4.30. The van der Waals surface area contributed by atoms with Crippen molar-refractivity contribution in [3.8, 4) is 0 Å². The fourth-order valence-corrected chi connectivity index (χ4v) is 1.80.